The Balaban J connectivity index is 1.59. The first-order valence-corrected chi connectivity index (χ1v) is 8.85. The summed E-state index contributed by atoms with van der Waals surface area (Å²) in [5, 5.41) is 2.82. The SMILES string of the molecule is O=C(COc1ccccc1F)NC[C@@H](c1ccc(F)cc1)N1CCOCC1. The molecule has 1 aliphatic heterocycles. The number of hydrogen-bond donors (Lipinski definition) is 1. The third-order valence-electron chi connectivity index (χ3n) is 4.43. The number of amides is 1. The zero-order chi connectivity index (χ0) is 19.1. The van der Waals surface area contributed by atoms with Crippen LogP contribution in [0.4, 0.5) is 8.78 Å². The minimum absolute atomic E-state index is 0.0379. The molecule has 144 valence electrons. The maximum absolute atomic E-state index is 13.5. The summed E-state index contributed by atoms with van der Waals surface area (Å²) >= 11 is 0. The van der Waals surface area contributed by atoms with Crippen molar-refractivity contribution < 1.29 is 23.0 Å². The van der Waals surface area contributed by atoms with Crippen LogP contribution in [0.2, 0.25) is 0 Å². The van der Waals surface area contributed by atoms with Crippen LogP contribution in [0, 0.1) is 11.6 Å². The van der Waals surface area contributed by atoms with Crippen molar-refractivity contribution in [3.63, 3.8) is 0 Å². The number of ether oxygens (including phenoxy) is 2. The second kappa shape index (κ2) is 9.43. The molecular weight excluding hydrogens is 354 g/mol. The monoisotopic (exact) mass is 376 g/mol. The molecule has 7 heteroatoms. The third-order valence-corrected chi connectivity index (χ3v) is 4.43. The maximum Gasteiger partial charge on any atom is 0.258 e. The molecule has 0 aromatic heterocycles. The van der Waals surface area contributed by atoms with Crippen LogP contribution in [0.15, 0.2) is 48.5 Å². The lowest BCUT2D eigenvalue weighted by molar-refractivity contribution is -0.123. The van der Waals surface area contributed by atoms with Crippen LogP contribution in [-0.2, 0) is 9.53 Å². The number of morpholine rings is 1. The smallest absolute Gasteiger partial charge is 0.258 e. The van der Waals surface area contributed by atoms with Crippen molar-refractivity contribution in [2.45, 2.75) is 6.04 Å². The highest BCUT2D eigenvalue weighted by molar-refractivity contribution is 5.77. The number of nitrogens with zero attached hydrogens (tertiary/aromatic N) is 1. The van der Waals surface area contributed by atoms with Crippen molar-refractivity contribution in [2.75, 3.05) is 39.5 Å². The third kappa shape index (κ3) is 5.48. The molecule has 2 aromatic carbocycles. The van der Waals surface area contributed by atoms with Crippen molar-refractivity contribution >= 4 is 5.91 Å². The molecule has 0 bridgehead atoms. The molecule has 1 fully saturated rings. The Kier molecular flexibility index (Phi) is 6.73. The van der Waals surface area contributed by atoms with E-state index in [0.29, 0.717) is 19.8 Å². The van der Waals surface area contributed by atoms with E-state index in [-0.39, 0.29) is 30.1 Å². The minimum Gasteiger partial charge on any atom is -0.481 e. The minimum atomic E-state index is -0.511. The van der Waals surface area contributed by atoms with Gasteiger partial charge in [-0.1, -0.05) is 24.3 Å². The molecule has 1 saturated heterocycles. The zero-order valence-electron chi connectivity index (χ0n) is 14.9. The molecule has 1 heterocycles. The van der Waals surface area contributed by atoms with E-state index in [1.54, 1.807) is 24.3 Å². The fourth-order valence-electron chi connectivity index (χ4n) is 3.00. The van der Waals surface area contributed by atoms with E-state index in [9.17, 15) is 13.6 Å². The van der Waals surface area contributed by atoms with Gasteiger partial charge in [0, 0.05) is 19.6 Å². The van der Waals surface area contributed by atoms with Gasteiger partial charge in [-0.25, -0.2) is 8.78 Å². The average Bonchev–Trinajstić information content (AvgIpc) is 2.69. The first-order valence-electron chi connectivity index (χ1n) is 8.85. The Bertz CT molecular complexity index is 749. The molecule has 1 atom stereocenters. The number of hydrogen-bond acceptors (Lipinski definition) is 4. The van der Waals surface area contributed by atoms with Crippen molar-refractivity contribution in [2.24, 2.45) is 0 Å². The second-order valence-corrected chi connectivity index (χ2v) is 6.24. The Morgan fingerprint density at radius 1 is 1.11 bits per heavy atom. The van der Waals surface area contributed by atoms with E-state index in [4.69, 9.17) is 9.47 Å². The molecule has 27 heavy (non-hydrogen) atoms. The first kappa shape index (κ1) is 19.3. The van der Waals surface area contributed by atoms with Gasteiger partial charge in [0.15, 0.2) is 18.2 Å². The number of nitrogens with one attached hydrogen (secondary N) is 1. The summed E-state index contributed by atoms with van der Waals surface area (Å²) in [7, 11) is 0. The summed E-state index contributed by atoms with van der Waals surface area (Å²) in [6.45, 7) is 2.74. The number of carbonyl (C=O) groups excluding carboxylic acids is 1. The molecule has 1 N–H and O–H groups in total. The highest BCUT2D eigenvalue weighted by Crippen LogP contribution is 2.22. The van der Waals surface area contributed by atoms with Crippen molar-refractivity contribution in [3.8, 4) is 5.75 Å². The lowest BCUT2D eigenvalue weighted by Crippen LogP contribution is -2.44. The summed E-state index contributed by atoms with van der Waals surface area (Å²) in [4.78, 5) is 14.3. The van der Waals surface area contributed by atoms with Gasteiger partial charge in [0.05, 0.1) is 19.3 Å². The first-order chi connectivity index (χ1) is 13.1. The highest BCUT2D eigenvalue weighted by atomic mass is 19.1. The standard InChI is InChI=1S/C20H22F2N2O3/c21-16-7-5-15(6-8-16)18(24-9-11-26-12-10-24)13-23-20(25)14-27-19-4-2-1-3-17(19)22/h1-8,18H,9-14H2,(H,23,25)/t18-/m0/s1. The molecule has 1 amide bonds. The van der Waals surface area contributed by atoms with Crippen molar-refractivity contribution in [3.05, 3.63) is 65.7 Å². The lowest BCUT2D eigenvalue weighted by atomic mass is 10.0. The number of carbonyl (C=O) groups is 1. The molecule has 1 aliphatic rings. The molecule has 0 radical (unpaired) electrons. The van der Waals surface area contributed by atoms with Gasteiger partial charge in [-0.3, -0.25) is 9.69 Å². The topological polar surface area (TPSA) is 50.8 Å². The van der Waals surface area contributed by atoms with Crippen LogP contribution in [0.1, 0.15) is 11.6 Å². The van der Waals surface area contributed by atoms with Gasteiger partial charge >= 0.3 is 0 Å². The summed E-state index contributed by atoms with van der Waals surface area (Å²) in [5.74, 6) is -1.13. The van der Waals surface area contributed by atoms with Gasteiger partial charge in [-0.2, -0.15) is 0 Å². The van der Waals surface area contributed by atoms with Gasteiger partial charge in [0.25, 0.3) is 5.91 Å². The number of benzene rings is 2. The fourth-order valence-corrected chi connectivity index (χ4v) is 3.00. The van der Waals surface area contributed by atoms with Crippen LogP contribution in [0.25, 0.3) is 0 Å². The summed E-state index contributed by atoms with van der Waals surface area (Å²) < 4.78 is 37.4. The van der Waals surface area contributed by atoms with Gasteiger partial charge in [0.1, 0.15) is 5.82 Å². The molecule has 0 unspecified atom stereocenters. The predicted molar refractivity (Wildman–Crippen MR) is 96.4 cm³/mol. The van der Waals surface area contributed by atoms with Gasteiger partial charge in [-0.05, 0) is 29.8 Å². The lowest BCUT2D eigenvalue weighted by Gasteiger charge is -2.35. The van der Waals surface area contributed by atoms with E-state index < -0.39 is 5.82 Å². The Labute approximate surface area is 156 Å². The Hall–Kier alpha value is -2.51. The van der Waals surface area contributed by atoms with Crippen LogP contribution >= 0.6 is 0 Å². The van der Waals surface area contributed by atoms with Gasteiger partial charge < -0.3 is 14.8 Å². The molecule has 3 rings (SSSR count). The fraction of sp³-hybridized carbons (Fsp3) is 0.350. The van der Waals surface area contributed by atoms with E-state index in [1.807, 2.05) is 0 Å². The quantitative estimate of drug-likeness (QED) is 0.807. The Morgan fingerprint density at radius 2 is 1.81 bits per heavy atom. The number of halogens is 2. The number of para-hydroxylation sites is 1. The summed E-state index contributed by atoms with van der Waals surface area (Å²) in [6, 6.07) is 12.1. The normalized spacial score (nSPS) is 15.9. The predicted octanol–water partition coefficient (Wildman–Crippen LogP) is 2.53. The van der Waals surface area contributed by atoms with E-state index >= 15 is 0 Å². The van der Waals surface area contributed by atoms with E-state index in [0.717, 1.165) is 18.7 Å². The molecule has 0 spiro atoms. The van der Waals surface area contributed by atoms with Crippen molar-refractivity contribution in [1.82, 2.24) is 10.2 Å². The van der Waals surface area contributed by atoms with Crippen LogP contribution in [0.5, 0.6) is 5.75 Å². The molecular formula is C20H22F2N2O3. The second-order valence-electron chi connectivity index (χ2n) is 6.24. The Morgan fingerprint density at radius 3 is 2.52 bits per heavy atom. The van der Waals surface area contributed by atoms with Gasteiger partial charge in [0.2, 0.25) is 0 Å². The maximum atomic E-state index is 13.5. The van der Waals surface area contributed by atoms with Crippen LogP contribution in [0.3, 0.4) is 0 Å². The molecule has 5 nitrogen and oxygen atoms in total. The number of rotatable bonds is 7. The molecule has 0 aliphatic carbocycles. The molecule has 2 aromatic rings. The highest BCUT2D eigenvalue weighted by Gasteiger charge is 2.23. The average molecular weight is 376 g/mol. The van der Waals surface area contributed by atoms with Gasteiger partial charge in [-0.15, -0.1) is 0 Å². The van der Waals surface area contributed by atoms with Crippen LogP contribution in [-0.4, -0.2) is 50.3 Å². The van der Waals surface area contributed by atoms with Crippen LogP contribution < -0.4 is 10.1 Å². The van der Waals surface area contributed by atoms with Crippen molar-refractivity contribution in [1.29, 1.82) is 0 Å². The summed E-state index contributed by atoms with van der Waals surface area (Å²) in [6.07, 6.45) is 0. The van der Waals surface area contributed by atoms with E-state index in [1.165, 1.54) is 24.3 Å². The van der Waals surface area contributed by atoms with E-state index in [2.05, 4.69) is 10.2 Å². The largest absolute Gasteiger partial charge is 0.481 e. The molecule has 0 saturated carbocycles. The summed E-state index contributed by atoms with van der Waals surface area (Å²) in [5.41, 5.74) is 0.911. The zero-order valence-corrected chi connectivity index (χ0v) is 14.9.